The van der Waals surface area contributed by atoms with Gasteiger partial charge in [0, 0.05) is 6.92 Å². The Hall–Kier alpha value is -1.40. The van der Waals surface area contributed by atoms with Gasteiger partial charge < -0.3 is 18.9 Å². The van der Waals surface area contributed by atoms with Gasteiger partial charge in [-0.05, 0) is 26.8 Å². The van der Waals surface area contributed by atoms with E-state index in [1.807, 2.05) is 13.8 Å². The number of rotatable bonds is 2. The van der Waals surface area contributed by atoms with Gasteiger partial charge in [0.05, 0.1) is 12.2 Å². The fraction of sp³-hybridized carbons (Fsp3) is 0.714. The van der Waals surface area contributed by atoms with E-state index in [-0.39, 0.29) is 24.2 Å². The minimum Gasteiger partial charge on any atom is -0.471 e. The molecule has 0 aromatic rings. The van der Waals surface area contributed by atoms with E-state index < -0.39 is 11.9 Å². The minimum absolute atomic E-state index is 0.167. The second kappa shape index (κ2) is 4.56. The van der Waals surface area contributed by atoms with E-state index in [2.05, 4.69) is 4.99 Å². The standard InChI is InChI=1S/C14H19NO5/c1-5-17-13(16)8-6-9-10(15-7(2)18-9)12-11(8)19-14(3,4)20-12/h6,9-12H,5H2,1-4H3/t9?,10?,11-,12+/m1/s1. The highest BCUT2D eigenvalue weighted by molar-refractivity contribution is 5.90. The van der Waals surface area contributed by atoms with E-state index in [9.17, 15) is 4.79 Å². The van der Waals surface area contributed by atoms with Gasteiger partial charge in [-0.1, -0.05) is 0 Å². The number of hydrogen-bond acceptors (Lipinski definition) is 6. The summed E-state index contributed by atoms with van der Waals surface area (Å²) in [5, 5.41) is 0. The zero-order valence-corrected chi connectivity index (χ0v) is 12.1. The van der Waals surface area contributed by atoms with Crippen LogP contribution in [0.5, 0.6) is 0 Å². The molecule has 1 aliphatic carbocycles. The van der Waals surface area contributed by atoms with Gasteiger partial charge in [-0.25, -0.2) is 9.79 Å². The monoisotopic (exact) mass is 281 g/mol. The van der Waals surface area contributed by atoms with Crippen LogP contribution in [0, 0.1) is 0 Å². The Morgan fingerprint density at radius 3 is 2.90 bits per heavy atom. The van der Waals surface area contributed by atoms with Crippen LogP contribution in [0.3, 0.4) is 0 Å². The van der Waals surface area contributed by atoms with Crippen molar-refractivity contribution >= 4 is 11.9 Å². The number of nitrogens with zero attached hydrogens (tertiary/aromatic N) is 1. The minimum atomic E-state index is -0.748. The fourth-order valence-electron chi connectivity index (χ4n) is 2.92. The quantitative estimate of drug-likeness (QED) is 0.711. The Morgan fingerprint density at radius 1 is 1.45 bits per heavy atom. The van der Waals surface area contributed by atoms with Crippen molar-refractivity contribution in [1.82, 2.24) is 0 Å². The van der Waals surface area contributed by atoms with Crippen LogP contribution in [0.25, 0.3) is 0 Å². The fourth-order valence-corrected chi connectivity index (χ4v) is 2.92. The van der Waals surface area contributed by atoms with Crippen LogP contribution in [-0.2, 0) is 23.7 Å². The average molecular weight is 281 g/mol. The summed E-state index contributed by atoms with van der Waals surface area (Å²) in [5.41, 5.74) is 0.466. The molecule has 0 saturated carbocycles. The van der Waals surface area contributed by atoms with Gasteiger partial charge in [0.2, 0.25) is 0 Å². The van der Waals surface area contributed by atoms with E-state index >= 15 is 0 Å². The number of esters is 1. The van der Waals surface area contributed by atoms with Crippen LogP contribution in [0.2, 0.25) is 0 Å². The number of ether oxygens (including phenoxy) is 4. The van der Waals surface area contributed by atoms with Gasteiger partial charge in [-0.15, -0.1) is 0 Å². The Balaban J connectivity index is 1.95. The lowest BCUT2D eigenvalue weighted by Gasteiger charge is -2.29. The molecule has 110 valence electrons. The summed E-state index contributed by atoms with van der Waals surface area (Å²) in [4.78, 5) is 16.6. The molecular weight excluding hydrogens is 262 g/mol. The molecule has 2 heterocycles. The number of carbonyl (C=O) groups excluding carboxylic acids is 1. The lowest BCUT2D eigenvalue weighted by Crippen LogP contribution is -2.46. The first-order valence-corrected chi connectivity index (χ1v) is 6.87. The summed E-state index contributed by atoms with van der Waals surface area (Å²) in [6, 6.07) is -0.167. The topological polar surface area (TPSA) is 66.4 Å². The molecule has 0 bridgehead atoms. The Labute approximate surface area is 117 Å². The number of fused-ring (bicyclic) bond motifs is 3. The summed E-state index contributed by atoms with van der Waals surface area (Å²) >= 11 is 0. The molecule has 4 atom stereocenters. The van der Waals surface area contributed by atoms with Crippen molar-refractivity contribution in [3.8, 4) is 0 Å². The van der Waals surface area contributed by atoms with Gasteiger partial charge in [-0.3, -0.25) is 0 Å². The van der Waals surface area contributed by atoms with Crippen LogP contribution in [0.4, 0.5) is 0 Å². The molecule has 0 radical (unpaired) electrons. The largest absolute Gasteiger partial charge is 0.471 e. The summed E-state index contributed by atoms with van der Waals surface area (Å²) in [6.07, 6.45) is 0.697. The molecule has 1 fully saturated rings. The van der Waals surface area contributed by atoms with Crippen molar-refractivity contribution in [2.24, 2.45) is 4.99 Å². The zero-order chi connectivity index (χ0) is 14.5. The maximum Gasteiger partial charge on any atom is 0.336 e. The first-order chi connectivity index (χ1) is 9.41. The normalized spacial score (nSPS) is 37.4. The molecule has 6 nitrogen and oxygen atoms in total. The summed E-state index contributed by atoms with van der Waals surface area (Å²) < 4.78 is 22.5. The van der Waals surface area contributed by atoms with Gasteiger partial charge in [0.15, 0.2) is 11.7 Å². The third kappa shape index (κ3) is 2.13. The molecular formula is C14H19NO5. The van der Waals surface area contributed by atoms with Crippen molar-refractivity contribution in [2.45, 2.75) is 57.8 Å². The Kier molecular flexibility index (Phi) is 3.10. The highest BCUT2D eigenvalue weighted by Gasteiger charge is 2.55. The second-order valence-electron chi connectivity index (χ2n) is 5.58. The van der Waals surface area contributed by atoms with Crippen molar-refractivity contribution in [2.75, 3.05) is 6.61 Å². The molecule has 2 unspecified atom stereocenters. The molecule has 0 N–H and O–H groups in total. The summed E-state index contributed by atoms with van der Waals surface area (Å²) in [6.45, 7) is 7.55. The zero-order valence-electron chi connectivity index (χ0n) is 12.1. The van der Waals surface area contributed by atoms with E-state index in [4.69, 9.17) is 18.9 Å². The Morgan fingerprint density at radius 2 is 2.20 bits per heavy atom. The lowest BCUT2D eigenvalue weighted by molar-refractivity contribution is -0.148. The molecule has 0 aromatic carbocycles. The van der Waals surface area contributed by atoms with Gasteiger partial charge in [0.1, 0.15) is 24.4 Å². The lowest BCUT2D eigenvalue weighted by atomic mass is 9.88. The molecule has 0 amide bonds. The van der Waals surface area contributed by atoms with E-state index in [1.54, 1.807) is 19.9 Å². The molecule has 20 heavy (non-hydrogen) atoms. The average Bonchev–Trinajstić information content (AvgIpc) is 2.86. The van der Waals surface area contributed by atoms with Crippen molar-refractivity contribution in [3.63, 3.8) is 0 Å². The Bertz CT molecular complexity index is 496. The highest BCUT2D eigenvalue weighted by atomic mass is 16.8. The SMILES string of the molecule is CCOC(=O)C1=CC2OC(C)=NC2[C@@H]2OC(C)(C)O[C@H]12. The van der Waals surface area contributed by atoms with Crippen molar-refractivity contribution in [1.29, 1.82) is 0 Å². The number of aliphatic imine (C=N–C) groups is 1. The molecule has 3 rings (SSSR count). The summed E-state index contributed by atoms with van der Waals surface area (Å²) in [7, 11) is 0. The van der Waals surface area contributed by atoms with Crippen LogP contribution in [0.15, 0.2) is 16.6 Å². The molecule has 2 aliphatic heterocycles. The van der Waals surface area contributed by atoms with Crippen LogP contribution in [-0.4, -0.2) is 48.6 Å². The second-order valence-corrected chi connectivity index (χ2v) is 5.58. The first kappa shape index (κ1) is 13.6. The molecule has 6 heteroatoms. The highest BCUT2D eigenvalue weighted by Crippen LogP contribution is 2.41. The smallest absolute Gasteiger partial charge is 0.336 e. The van der Waals surface area contributed by atoms with Crippen molar-refractivity contribution < 1.29 is 23.7 Å². The van der Waals surface area contributed by atoms with Gasteiger partial charge >= 0.3 is 5.97 Å². The number of carbonyl (C=O) groups is 1. The maximum atomic E-state index is 12.1. The predicted molar refractivity (Wildman–Crippen MR) is 70.3 cm³/mol. The van der Waals surface area contributed by atoms with Crippen molar-refractivity contribution in [3.05, 3.63) is 11.6 Å². The van der Waals surface area contributed by atoms with Crippen LogP contribution < -0.4 is 0 Å². The van der Waals surface area contributed by atoms with E-state index in [1.165, 1.54) is 0 Å². The number of hydrogen-bond donors (Lipinski definition) is 0. The van der Waals surface area contributed by atoms with Gasteiger partial charge in [0.25, 0.3) is 0 Å². The summed E-state index contributed by atoms with van der Waals surface area (Å²) in [5.74, 6) is -0.522. The third-order valence-corrected chi connectivity index (χ3v) is 3.60. The van der Waals surface area contributed by atoms with E-state index in [0.29, 0.717) is 18.1 Å². The molecule has 0 spiro atoms. The predicted octanol–water partition coefficient (Wildman–Crippen LogP) is 1.20. The maximum absolute atomic E-state index is 12.1. The molecule has 1 saturated heterocycles. The van der Waals surface area contributed by atoms with Crippen LogP contribution in [0.1, 0.15) is 27.7 Å². The molecule has 3 aliphatic rings. The first-order valence-electron chi connectivity index (χ1n) is 6.87. The van der Waals surface area contributed by atoms with Gasteiger partial charge in [-0.2, -0.15) is 0 Å². The third-order valence-electron chi connectivity index (χ3n) is 3.60. The van der Waals surface area contributed by atoms with E-state index in [0.717, 1.165) is 0 Å². The van der Waals surface area contributed by atoms with Crippen LogP contribution >= 0.6 is 0 Å². The molecule has 0 aromatic heterocycles.